The highest BCUT2D eigenvalue weighted by Crippen LogP contribution is 2.37. The van der Waals surface area contributed by atoms with Gasteiger partial charge in [0, 0.05) is 18.5 Å². The van der Waals surface area contributed by atoms with Crippen molar-refractivity contribution in [2.45, 2.75) is 31.6 Å². The summed E-state index contributed by atoms with van der Waals surface area (Å²) in [4.78, 5) is 4.62. The Balaban J connectivity index is 2.08. The van der Waals surface area contributed by atoms with Gasteiger partial charge in [-0.15, -0.1) is 0 Å². The van der Waals surface area contributed by atoms with Crippen molar-refractivity contribution < 1.29 is 4.39 Å². The van der Waals surface area contributed by atoms with E-state index in [9.17, 15) is 4.39 Å². The minimum absolute atomic E-state index is 0.273. The Morgan fingerprint density at radius 1 is 1.26 bits per heavy atom. The number of aromatic nitrogens is 2. The van der Waals surface area contributed by atoms with Crippen molar-refractivity contribution in [3.8, 4) is 11.3 Å². The fourth-order valence-electron chi connectivity index (χ4n) is 2.93. The van der Waals surface area contributed by atoms with Crippen LogP contribution in [0.2, 0.25) is 0 Å². The first-order valence-corrected chi connectivity index (χ1v) is 6.75. The van der Waals surface area contributed by atoms with Gasteiger partial charge in [-0.2, -0.15) is 0 Å². The third kappa shape index (κ3) is 2.01. The molecule has 1 aliphatic rings. The summed E-state index contributed by atoms with van der Waals surface area (Å²) in [6.45, 7) is 0. The molecule has 2 aromatic rings. The normalized spacial score (nSPS) is 16.1. The van der Waals surface area contributed by atoms with Crippen LogP contribution in [0.4, 0.5) is 10.2 Å². The largest absolute Gasteiger partial charge is 0.383 e. The molecular weight excluding hydrogens is 241 g/mol. The molecule has 100 valence electrons. The maximum atomic E-state index is 13.9. The van der Waals surface area contributed by atoms with Crippen molar-refractivity contribution in [2.75, 3.05) is 5.73 Å². The summed E-state index contributed by atoms with van der Waals surface area (Å²) in [5.74, 6) is 1.73. The van der Waals surface area contributed by atoms with Gasteiger partial charge in [0.25, 0.3) is 0 Å². The SMILES string of the molecule is Cn1c(C2CCCC2)nc(-c2ccccc2F)c1N. The first-order chi connectivity index (χ1) is 9.18. The van der Waals surface area contributed by atoms with E-state index < -0.39 is 0 Å². The second kappa shape index (κ2) is 4.68. The van der Waals surface area contributed by atoms with Gasteiger partial charge in [-0.1, -0.05) is 25.0 Å². The lowest BCUT2D eigenvalue weighted by molar-refractivity contribution is 0.629. The van der Waals surface area contributed by atoms with Gasteiger partial charge in [-0.3, -0.25) is 0 Å². The van der Waals surface area contributed by atoms with Crippen LogP contribution in [0, 0.1) is 5.82 Å². The van der Waals surface area contributed by atoms with Crippen LogP contribution in [-0.4, -0.2) is 9.55 Å². The summed E-state index contributed by atoms with van der Waals surface area (Å²) in [6, 6.07) is 6.66. The molecule has 4 heteroatoms. The quantitative estimate of drug-likeness (QED) is 0.897. The summed E-state index contributed by atoms with van der Waals surface area (Å²) in [6.07, 6.45) is 4.79. The number of rotatable bonds is 2. The highest BCUT2D eigenvalue weighted by atomic mass is 19.1. The third-order valence-electron chi connectivity index (χ3n) is 4.02. The van der Waals surface area contributed by atoms with E-state index in [-0.39, 0.29) is 5.82 Å². The van der Waals surface area contributed by atoms with Gasteiger partial charge < -0.3 is 10.3 Å². The van der Waals surface area contributed by atoms with Crippen molar-refractivity contribution in [3.05, 3.63) is 35.9 Å². The fraction of sp³-hybridized carbons (Fsp3) is 0.400. The van der Waals surface area contributed by atoms with Gasteiger partial charge in [0.2, 0.25) is 0 Å². The van der Waals surface area contributed by atoms with Crippen LogP contribution in [0.25, 0.3) is 11.3 Å². The van der Waals surface area contributed by atoms with Crippen LogP contribution in [0.15, 0.2) is 24.3 Å². The van der Waals surface area contributed by atoms with E-state index in [1.54, 1.807) is 12.1 Å². The van der Waals surface area contributed by atoms with E-state index in [4.69, 9.17) is 5.73 Å². The number of benzene rings is 1. The summed E-state index contributed by atoms with van der Waals surface area (Å²) in [7, 11) is 1.92. The smallest absolute Gasteiger partial charge is 0.132 e. The summed E-state index contributed by atoms with van der Waals surface area (Å²) in [5, 5.41) is 0. The number of nitrogen functional groups attached to an aromatic ring is 1. The Morgan fingerprint density at radius 3 is 2.63 bits per heavy atom. The molecule has 3 nitrogen and oxygen atoms in total. The molecule has 0 spiro atoms. The van der Waals surface area contributed by atoms with E-state index in [0.29, 0.717) is 23.0 Å². The molecule has 1 aliphatic carbocycles. The number of anilines is 1. The number of nitrogens with two attached hydrogens (primary N) is 1. The zero-order chi connectivity index (χ0) is 13.4. The lowest BCUT2D eigenvalue weighted by Crippen LogP contribution is -2.05. The Morgan fingerprint density at radius 2 is 1.95 bits per heavy atom. The molecular formula is C15H18FN3. The molecule has 0 bridgehead atoms. The molecule has 0 radical (unpaired) electrons. The maximum Gasteiger partial charge on any atom is 0.132 e. The first kappa shape index (κ1) is 12.2. The number of nitrogens with zero attached hydrogens (tertiary/aromatic N) is 2. The van der Waals surface area contributed by atoms with Gasteiger partial charge in [-0.25, -0.2) is 9.37 Å². The van der Waals surface area contributed by atoms with Crippen LogP contribution in [0.5, 0.6) is 0 Å². The molecule has 1 aromatic heterocycles. The van der Waals surface area contributed by atoms with E-state index in [0.717, 1.165) is 18.7 Å². The number of halogens is 1. The number of hydrogen-bond donors (Lipinski definition) is 1. The highest BCUT2D eigenvalue weighted by Gasteiger charge is 2.25. The highest BCUT2D eigenvalue weighted by molar-refractivity contribution is 5.71. The molecule has 1 saturated carbocycles. The molecule has 1 heterocycles. The molecule has 0 aliphatic heterocycles. The second-order valence-electron chi connectivity index (χ2n) is 5.22. The van der Waals surface area contributed by atoms with Crippen molar-refractivity contribution in [2.24, 2.45) is 7.05 Å². The monoisotopic (exact) mass is 259 g/mol. The predicted octanol–water partition coefficient (Wildman–Crippen LogP) is 3.47. The average molecular weight is 259 g/mol. The van der Waals surface area contributed by atoms with E-state index in [2.05, 4.69) is 4.98 Å². The molecule has 3 rings (SSSR count). The number of imidazole rings is 1. The summed E-state index contributed by atoms with van der Waals surface area (Å²) >= 11 is 0. The molecule has 1 aromatic carbocycles. The van der Waals surface area contributed by atoms with Crippen LogP contribution in [0.3, 0.4) is 0 Å². The van der Waals surface area contributed by atoms with Gasteiger partial charge in [-0.05, 0) is 25.0 Å². The van der Waals surface area contributed by atoms with Crippen molar-refractivity contribution in [1.82, 2.24) is 9.55 Å². The predicted molar refractivity (Wildman–Crippen MR) is 74.2 cm³/mol. The zero-order valence-corrected chi connectivity index (χ0v) is 11.1. The maximum absolute atomic E-state index is 13.9. The van der Waals surface area contributed by atoms with Crippen molar-refractivity contribution in [1.29, 1.82) is 0 Å². The lowest BCUT2D eigenvalue weighted by atomic mass is 10.1. The average Bonchev–Trinajstić information content (AvgIpc) is 3.02. The Labute approximate surface area is 112 Å². The fourth-order valence-corrected chi connectivity index (χ4v) is 2.93. The topological polar surface area (TPSA) is 43.8 Å². The van der Waals surface area contributed by atoms with Crippen LogP contribution in [0.1, 0.15) is 37.4 Å². The van der Waals surface area contributed by atoms with Crippen molar-refractivity contribution >= 4 is 5.82 Å². The Kier molecular flexibility index (Phi) is 3.01. The zero-order valence-electron chi connectivity index (χ0n) is 11.1. The van der Waals surface area contributed by atoms with E-state index >= 15 is 0 Å². The Bertz CT molecular complexity index is 597. The number of hydrogen-bond acceptors (Lipinski definition) is 2. The molecule has 19 heavy (non-hydrogen) atoms. The van der Waals surface area contributed by atoms with Crippen LogP contribution < -0.4 is 5.73 Å². The minimum Gasteiger partial charge on any atom is -0.383 e. The van der Waals surface area contributed by atoms with Crippen molar-refractivity contribution in [3.63, 3.8) is 0 Å². The van der Waals surface area contributed by atoms with Crippen LogP contribution in [-0.2, 0) is 7.05 Å². The summed E-state index contributed by atoms with van der Waals surface area (Å²) in [5.41, 5.74) is 7.16. The van der Waals surface area contributed by atoms with Crippen LogP contribution >= 0.6 is 0 Å². The van der Waals surface area contributed by atoms with Gasteiger partial charge in [0.15, 0.2) is 0 Å². The minimum atomic E-state index is -0.273. The van der Waals surface area contributed by atoms with Gasteiger partial charge in [0.05, 0.1) is 0 Å². The molecule has 0 atom stereocenters. The van der Waals surface area contributed by atoms with E-state index in [1.807, 2.05) is 17.7 Å². The third-order valence-corrected chi connectivity index (χ3v) is 4.02. The summed E-state index contributed by atoms with van der Waals surface area (Å²) < 4.78 is 15.8. The molecule has 0 saturated heterocycles. The molecule has 0 unspecified atom stereocenters. The van der Waals surface area contributed by atoms with Gasteiger partial charge in [0.1, 0.15) is 23.2 Å². The molecule has 1 fully saturated rings. The Hall–Kier alpha value is -1.84. The van der Waals surface area contributed by atoms with Gasteiger partial charge >= 0.3 is 0 Å². The van der Waals surface area contributed by atoms with E-state index in [1.165, 1.54) is 18.9 Å². The molecule has 0 amide bonds. The first-order valence-electron chi connectivity index (χ1n) is 6.75. The molecule has 2 N–H and O–H groups in total. The second-order valence-corrected chi connectivity index (χ2v) is 5.22. The standard InChI is InChI=1S/C15H18FN3/c1-19-14(17)13(11-8-4-5-9-12(11)16)18-15(19)10-6-2-3-7-10/h4-5,8-10H,2-3,6-7,17H2,1H3. The lowest BCUT2D eigenvalue weighted by Gasteiger charge is -2.08.